The first-order chi connectivity index (χ1) is 10.2. The van der Waals surface area contributed by atoms with Crippen molar-refractivity contribution < 1.29 is 0 Å². The van der Waals surface area contributed by atoms with Gasteiger partial charge in [-0.25, -0.2) is 15.0 Å². The number of anilines is 3. The topological polar surface area (TPSA) is 71.2 Å². The van der Waals surface area contributed by atoms with Crippen LogP contribution < -0.4 is 15.5 Å². The van der Waals surface area contributed by atoms with E-state index in [-0.39, 0.29) is 0 Å². The normalized spacial score (nSPS) is 15.8. The number of nitrogens with two attached hydrogens (primary N) is 1. The number of piperazine rings is 1. The van der Waals surface area contributed by atoms with Crippen molar-refractivity contribution in [2.45, 2.75) is 19.8 Å². The van der Waals surface area contributed by atoms with E-state index < -0.39 is 0 Å². The van der Waals surface area contributed by atoms with Gasteiger partial charge < -0.3 is 15.5 Å². The molecule has 112 valence electrons. The van der Waals surface area contributed by atoms with Crippen LogP contribution in [0.3, 0.4) is 0 Å². The van der Waals surface area contributed by atoms with Crippen LogP contribution in [-0.4, -0.2) is 41.1 Å². The van der Waals surface area contributed by atoms with Gasteiger partial charge in [-0.05, 0) is 5.92 Å². The molecule has 6 nitrogen and oxygen atoms in total. The quantitative estimate of drug-likeness (QED) is 0.934. The minimum absolute atomic E-state index is 0.318. The molecular weight excluding hydrogens is 284 g/mol. The van der Waals surface area contributed by atoms with Crippen molar-refractivity contribution in [3.63, 3.8) is 0 Å². The van der Waals surface area contributed by atoms with Gasteiger partial charge in [0.1, 0.15) is 18.0 Å². The lowest BCUT2D eigenvalue weighted by Crippen LogP contribution is -2.47. The van der Waals surface area contributed by atoms with Gasteiger partial charge in [0.15, 0.2) is 5.13 Å². The summed E-state index contributed by atoms with van der Waals surface area (Å²) in [7, 11) is 0. The molecule has 0 aromatic carbocycles. The van der Waals surface area contributed by atoms with E-state index in [1.165, 1.54) is 0 Å². The molecule has 3 rings (SSSR count). The highest BCUT2D eigenvalue weighted by atomic mass is 32.1. The molecule has 2 aromatic heterocycles. The van der Waals surface area contributed by atoms with Crippen LogP contribution in [0.1, 0.15) is 25.3 Å². The Morgan fingerprint density at radius 2 is 1.81 bits per heavy atom. The molecule has 0 saturated carbocycles. The van der Waals surface area contributed by atoms with Crippen molar-refractivity contribution in [3.05, 3.63) is 23.5 Å². The molecule has 0 unspecified atom stereocenters. The molecule has 0 amide bonds. The van der Waals surface area contributed by atoms with Crippen LogP contribution in [0.4, 0.5) is 16.8 Å². The van der Waals surface area contributed by atoms with Gasteiger partial charge in [-0.1, -0.05) is 13.8 Å². The van der Waals surface area contributed by atoms with Crippen molar-refractivity contribution in [2.24, 2.45) is 0 Å². The Hall–Kier alpha value is -1.89. The molecule has 3 heterocycles. The lowest BCUT2D eigenvalue weighted by Gasteiger charge is -2.36. The fourth-order valence-corrected chi connectivity index (χ4v) is 3.38. The molecule has 0 aliphatic carbocycles. The zero-order valence-electron chi connectivity index (χ0n) is 12.4. The number of aromatic nitrogens is 3. The number of rotatable bonds is 3. The Labute approximate surface area is 128 Å². The van der Waals surface area contributed by atoms with Gasteiger partial charge >= 0.3 is 0 Å². The standard InChI is InChI=1S/C14H20N6S/c1-10(2)11-12(15)17-9-18-13(11)19-4-6-20(7-5-19)14-16-3-8-21-14/h3,8-10H,4-7H2,1-2H3,(H2,15,17,18). The monoisotopic (exact) mass is 304 g/mol. The Morgan fingerprint density at radius 1 is 1.10 bits per heavy atom. The molecule has 0 atom stereocenters. The Kier molecular flexibility index (Phi) is 3.92. The molecule has 2 N–H and O–H groups in total. The number of nitrogen functional groups attached to an aromatic ring is 1. The largest absolute Gasteiger partial charge is 0.383 e. The minimum atomic E-state index is 0.318. The second kappa shape index (κ2) is 5.85. The Morgan fingerprint density at radius 3 is 2.43 bits per heavy atom. The van der Waals surface area contributed by atoms with Gasteiger partial charge in [0, 0.05) is 43.3 Å². The first-order valence-electron chi connectivity index (χ1n) is 7.16. The highest BCUT2D eigenvalue weighted by Gasteiger charge is 2.23. The lowest BCUT2D eigenvalue weighted by atomic mass is 10.0. The maximum absolute atomic E-state index is 6.04. The summed E-state index contributed by atoms with van der Waals surface area (Å²) in [6.45, 7) is 8.02. The molecule has 7 heteroatoms. The summed E-state index contributed by atoms with van der Waals surface area (Å²) >= 11 is 1.69. The average Bonchev–Trinajstić information content (AvgIpc) is 3.01. The third-order valence-corrected chi connectivity index (χ3v) is 4.57. The van der Waals surface area contributed by atoms with Crippen LogP contribution >= 0.6 is 11.3 Å². The van der Waals surface area contributed by atoms with E-state index in [2.05, 4.69) is 38.6 Å². The van der Waals surface area contributed by atoms with Gasteiger partial charge in [0.25, 0.3) is 0 Å². The van der Waals surface area contributed by atoms with Crippen molar-refractivity contribution in [1.29, 1.82) is 0 Å². The van der Waals surface area contributed by atoms with E-state index in [0.717, 1.165) is 42.7 Å². The first kappa shape index (κ1) is 14.1. The number of nitrogens with zero attached hydrogens (tertiary/aromatic N) is 5. The molecule has 0 bridgehead atoms. The third kappa shape index (κ3) is 2.78. The van der Waals surface area contributed by atoms with Gasteiger partial charge in [-0.3, -0.25) is 0 Å². The fourth-order valence-electron chi connectivity index (χ4n) is 2.69. The highest BCUT2D eigenvalue weighted by molar-refractivity contribution is 7.13. The SMILES string of the molecule is CC(C)c1c(N)ncnc1N1CCN(c2nccs2)CC1. The summed E-state index contributed by atoms with van der Waals surface area (Å²) in [6, 6.07) is 0. The zero-order chi connectivity index (χ0) is 14.8. The van der Waals surface area contributed by atoms with Crippen molar-refractivity contribution >= 4 is 28.1 Å². The van der Waals surface area contributed by atoms with Crippen molar-refractivity contribution in [2.75, 3.05) is 41.7 Å². The van der Waals surface area contributed by atoms with E-state index in [9.17, 15) is 0 Å². The summed E-state index contributed by atoms with van der Waals surface area (Å²) in [5, 5.41) is 3.12. The molecule has 1 fully saturated rings. The predicted octanol–water partition coefficient (Wildman–Crippen LogP) is 1.97. The van der Waals surface area contributed by atoms with Gasteiger partial charge in [0.05, 0.1) is 0 Å². The summed E-state index contributed by atoms with van der Waals surface area (Å²) in [6.07, 6.45) is 3.41. The summed E-state index contributed by atoms with van der Waals surface area (Å²) in [5.41, 5.74) is 7.09. The third-order valence-electron chi connectivity index (χ3n) is 3.74. The van der Waals surface area contributed by atoms with Gasteiger partial charge in [0.2, 0.25) is 0 Å². The van der Waals surface area contributed by atoms with Gasteiger partial charge in [-0.15, -0.1) is 11.3 Å². The zero-order valence-corrected chi connectivity index (χ0v) is 13.2. The summed E-state index contributed by atoms with van der Waals surface area (Å²) in [4.78, 5) is 17.6. The van der Waals surface area contributed by atoms with Crippen LogP contribution in [0, 0.1) is 0 Å². The lowest BCUT2D eigenvalue weighted by molar-refractivity contribution is 0.639. The number of hydrogen-bond acceptors (Lipinski definition) is 7. The van der Waals surface area contributed by atoms with E-state index in [0.29, 0.717) is 11.7 Å². The van der Waals surface area contributed by atoms with Crippen LogP contribution in [0.25, 0.3) is 0 Å². The first-order valence-corrected chi connectivity index (χ1v) is 8.04. The smallest absolute Gasteiger partial charge is 0.185 e. The molecule has 0 radical (unpaired) electrons. The average molecular weight is 304 g/mol. The minimum Gasteiger partial charge on any atom is -0.383 e. The second-order valence-electron chi connectivity index (χ2n) is 5.44. The molecule has 21 heavy (non-hydrogen) atoms. The molecule has 0 spiro atoms. The van der Waals surface area contributed by atoms with Crippen LogP contribution in [-0.2, 0) is 0 Å². The maximum atomic E-state index is 6.04. The van der Waals surface area contributed by atoms with Crippen LogP contribution in [0.2, 0.25) is 0 Å². The fraction of sp³-hybridized carbons (Fsp3) is 0.500. The van der Waals surface area contributed by atoms with Crippen molar-refractivity contribution in [1.82, 2.24) is 15.0 Å². The molecule has 2 aromatic rings. The van der Waals surface area contributed by atoms with Gasteiger partial charge in [-0.2, -0.15) is 0 Å². The molecular formula is C14H20N6S. The predicted molar refractivity (Wildman–Crippen MR) is 87.1 cm³/mol. The van der Waals surface area contributed by atoms with E-state index in [1.54, 1.807) is 17.7 Å². The molecule has 1 aliphatic heterocycles. The highest BCUT2D eigenvalue weighted by Crippen LogP contribution is 2.30. The van der Waals surface area contributed by atoms with E-state index in [4.69, 9.17) is 5.73 Å². The summed E-state index contributed by atoms with van der Waals surface area (Å²) < 4.78 is 0. The molecule has 1 saturated heterocycles. The van der Waals surface area contributed by atoms with Crippen LogP contribution in [0.15, 0.2) is 17.9 Å². The van der Waals surface area contributed by atoms with Crippen LogP contribution in [0.5, 0.6) is 0 Å². The maximum Gasteiger partial charge on any atom is 0.185 e. The Bertz CT molecular complexity index is 590. The summed E-state index contributed by atoms with van der Waals surface area (Å²) in [5.74, 6) is 1.90. The Balaban J connectivity index is 1.77. The van der Waals surface area contributed by atoms with E-state index >= 15 is 0 Å². The second-order valence-corrected chi connectivity index (χ2v) is 6.31. The molecule has 1 aliphatic rings. The number of thiazole rings is 1. The van der Waals surface area contributed by atoms with E-state index in [1.807, 2.05) is 11.6 Å². The van der Waals surface area contributed by atoms with Crippen molar-refractivity contribution in [3.8, 4) is 0 Å². The number of hydrogen-bond donors (Lipinski definition) is 1.